The lowest BCUT2D eigenvalue weighted by Gasteiger charge is -2.20. The predicted molar refractivity (Wildman–Crippen MR) is 128 cm³/mol. The Kier molecular flexibility index (Phi) is 6.24. The molecule has 4 rings (SSSR count). The molecule has 0 aromatic heterocycles. The van der Waals surface area contributed by atoms with E-state index in [9.17, 15) is 4.79 Å². The third-order valence-electron chi connectivity index (χ3n) is 4.59. The number of fused-ring (bicyclic) bond motifs is 1. The summed E-state index contributed by atoms with van der Waals surface area (Å²) in [5.74, 6) is 0.675. The Balaban J connectivity index is 1.63. The number of carbonyl (C=O) groups is 1. The first-order valence-corrected chi connectivity index (χ1v) is 11.4. The number of hydrazone groups is 1. The number of nitrogens with zero attached hydrogens (tertiary/aromatic N) is 3. The molecule has 0 unspecified atom stereocenters. The SMILES string of the molecule is COc1cc(/C=C2/C(=N)N3N=C(c4ccc(C)cc4)SC3=NC2=O)ccc1OCCBr. The molecule has 1 amide bonds. The van der Waals surface area contributed by atoms with E-state index in [1.54, 1.807) is 31.4 Å². The van der Waals surface area contributed by atoms with E-state index in [1.807, 2.05) is 31.2 Å². The molecule has 0 bridgehead atoms. The summed E-state index contributed by atoms with van der Waals surface area (Å²) in [6, 6.07) is 13.3. The number of nitrogens with one attached hydrogen (secondary N) is 1. The lowest BCUT2D eigenvalue weighted by atomic mass is 10.1. The molecule has 2 aliphatic rings. The number of benzene rings is 2. The molecule has 0 radical (unpaired) electrons. The number of methoxy groups -OCH3 is 1. The highest BCUT2D eigenvalue weighted by Gasteiger charge is 2.36. The van der Waals surface area contributed by atoms with E-state index in [0.717, 1.165) is 11.1 Å². The number of carbonyl (C=O) groups excluding carboxylic acids is 1. The normalized spacial score (nSPS) is 16.9. The summed E-state index contributed by atoms with van der Waals surface area (Å²) in [5, 5.41) is 16.3. The Morgan fingerprint density at radius 1 is 1.19 bits per heavy atom. The first kappa shape index (κ1) is 21.3. The van der Waals surface area contributed by atoms with Crippen LogP contribution in [0.25, 0.3) is 6.08 Å². The Hall–Kier alpha value is -2.91. The highest BCUT2D eigenvalue weighted by atomic mass is 79.9. The molecule has 1 N–H and O–H groups in total. The number of amides is 1. The lowest BCUT2D eigenvalue weighted by Crippen LogP contribution is -2.35. The van der Waals surface area contributed by atoms with Crippen molar-refractivity contribution in [2.45, 2.75) is 6.92 Å². The zero-order valence-corrected chi connectivity index (χ0v) is 19.3. The van der Waals surface area contributed by atoms with E-state index in [1.165, 1.54) is 16.8 Å². The number of thioether (sulfide) groups is 1. The van der Waals surface area contributed by atoms with Crippen molar-refractivity contribution < 1.29 is 14.3 Å². The fraction of sp³-hybridized carbons (Fsp3) is 0.182. The van der Waals surface area contributed by atoms with Crippen LogP contribution in [0.5, 0.6) is 11.5 Å². The Morgan fingerprint density at radius 3 is 2.68 bits per heavy atom. The topological polar surface area (TPSA) is 87.3 Å². The summed E-state index contributed by atoms with van der Waals surface area (Å²) in [5.41, 5.74) is 2.93. The summed E-state index contributed by atoms with van der Waals surface area (Å²) >= 11 is 4.61. The first-order valence-electron chi connectivity index (χ1n) is 9.44. The van der Waals surface area contributed by atoms with Gasteiger partial charge in [-0.25, -0.2) is 0 Å². The predicted octanol–water partition coefficient (Wildman–Crippen LogP) is 4.44. The fourth-order valence-corrected chi connectivity index (χ4v) is 4.07. The maximum atomic E-state index is 12.7. The molecule has 0 saturated carbocycles. The van der Waals surface area contributed by atoms with E-state index < -0.39 is 5.91 Å². The van der Waals surface area contributed by atoms with Crippen LogP contribution in [0.4, 0.5) is 0 Å². The van der Waals surface area contributed by atoms with Crippen molar-refractivity contribution in [2.24, 2.45) is 10.1 Å². The fourth-order valence-electron chi connectivity index (χ4n) is 3.01. The molecule has 9 heteroatoms. The molecule has 158 valence electrons. The van der Waals surface area contributed by atoms with E-state index in [0.29, 0.717) is 39.2 Å². The standard InChI is InChI=1S/C22H19BrN4O3S/c1-13-3-6-15(7-4-13)21-26-27-19(24)16(20(28)25-22(27)31-21)11-14-5-8-17(30-10-9-23)18(12-14)29-2/h3-8,11-12,24H,9-10H2,1-2H3/b16-11-,24-19?. The summed E-state index contributed by atoms with van der Waals surface area (Å²) in [6.07, 6.45) is 1.62. The van der Waals surface area contributed by atoms with E-state index in [2.05, 4.69) is 26.0 Å². The number of amidine groups is 2. The van der Waals surface area contributed by atoms with Crippen molar-refractivity contribution in [3.05, 3.63) is 64.7 Å². The second-order valence-electron chi connectivity index (χ2n) is 6.74. The number of aliphatic imine (C=N–C) groups is 1. The first-order chi connectivity index (χ1) is 15.0. The van der Waals surface area contributed by atoms with Gasteiger partial charge < -0.3 is 9.47 Å². The number of rotatable bonds is 6. The van der Waals surface area contributed by atoms with Gasteiger partial charge in [0.25, 0.3) is 5.91 Å². The van der Waals surface area contributed by atoms with Crippen LogP contribution in [-0.4, -0.2) is 46.0 Å². The Bertz CT molecular complexity index is 1140. The van der Waals surface area contributed by atoms with Crippen molar-refractivity contribution in [1.82, 2.24) is 5.01 Å². The van der Waals surface area contributed by atoms with Gasteiger partial charge in [-0.3, -0.25) is 10.2 Å². The molecule has 0 aliphatic carbocycles. The van der Waals surface area contributed by atoms with Crippen molar-refractivity contribution in [1.29, 1.82) is 5.41 Å². The number of aryl methyl sites for hydroxylation is 1. The van der Waals surface area contributed by atoms with Crippen LogP contribution in [-0.2, 0) is 4.79 Å². The van der Waals surface area contributed by atoms with Crippen LogP contribution in [0.2, 0.25) is 0 Å². The van der Waals surface area contributed by atoms with Crippen LogP contribution < -0.4 is 9.47 Å². The highest BCUT2D eigenvalue weighted by molar-refractivity contribution is 9.09. The number of ether oxygens (including phenoxy) is 2. The smallest absolute Gasteiger partial charge is 0.283 e. The van der Waals surface area contributed by atoms with Crippen molar-refractivity contribution in [2.75, 3.05) is 19.0 Å². The van der Waals surface area contributed by atoms with Crippen molar-refractivity contribution in [3.63, 3.8) is 0 Å². The molecule has 2 aromatic rings. The Labute approximate surface area is 192 Å². The minimum absolute atomic E-state index is 0.0109. The van der Waals surface area contributed by atoms with Crippen LogP contribution in [0.3, 0.4) is 0 Å². The van der Waals surface area contributed by atoms with E-state index >= 15 is 0 Å². The average Bonchev–Trinajstić information content (AvgIpc) is 3.20. The molecule has 31 heavy (non-hydrogen) atoms. The third kappa shape index (κ3) is 4.42. The molecule has 0 atom stereocenters. The summed E-state index contributed by atoms with van der Waals surface area (Å²) in [6.45, 7) is 2.52. The maximum Gasteiger partial charge on any atom is 0.283 e. The minimum Gasteiger partial charge on any atom is -0.493 e. The molecular formula is C22H19BrN4O3S. The molecule has 2 aromatic carbocycles. The number of hydrogen-bond donors (Lipinski definition) is 1. The molecule has 2 aliphatic heterocycles. The van der Waals surface area contributed by atoms with Gasteiger partial charge in [0.2, 0.25) is 5.17 Å². The zero-order chi connectivity index (χ0) is 22.0. The molecule has 0 saturated heterocycles. The second kappa shape index (κ2) is 9.07. The molecular weight excluding hydrogens is 480 g/mol. The average molecular weight is 499 g/mol. The van der Waals surface area contributed by atoms with E-state index in [-0.39, 0.29) is 11.4 Å². The zero-order valence-electron chi connectivity index (χ0n) is 16.9. The largest absolute Gasteiger partial charge is 0.493 e. The van der Waals surface area contributed by atoms with Gasteiger partial charge in [-0.05, 0) is 42.5 Å². The van der Waals surface area contributed by atoms with Gasteiger partial charge in [0.15, 0.2) is 17.3 Å². The third-order valence-corrected chi connectivity index (χ3v) is 5.87. The maximum absolute atomic E-state index is 12.7. The highest BCUT2D eigenvalue weighted by Crippen LogP contribution is 2.32. The number of halogens is 1. The summed E-state index contributed by atoms with van der Waals surface area (Å²) < 4.78 is 11.0. The minimum atomic E-state index is -0.470. The van der Waals surface area contributed by atoms with Gasteiger partial charge >= 0.3 is 0 Å². The van der Waals surface area contributed by atoms with Gasteiger partial charge in [-0.1, -0.05) is 51.8 Å². The van der Waals surface area contributed by atoms with Crippen molar-refractivity contribution >= 4 is 55.7 Å². The van der Waals surface area contributed by atoms with Crippen molar-refractivity contribution in [3.8, 4) is 11.5 Å². The number of alkyl halides is 1. The molecule has 7 nitrogen and oxygen atoms in total. The Morgan fingerprint density at radius 2 is 1.97 bits per heavy atom. The quantitative estimate of drug-likeness (QED) is 0.469. The molecule has 0 spiro atoms. The van der Waals surface area contributed by atoms with E-state index in [4.69, 9.17) is 14.9 Å². The lowest BCUT2D eigenvalue weighted by molar-refractivity contribution is -0.114. The van der Waals surface area contributed by atoms with Crippen LogP contribution in [0.15, 0.2) is 58.1 Å². The summed E-state index contributed by atoms with van der Waals surface area (Å²) in [4.78, 5) is 16.8. The van der Waals surface area contributed by atoms with Gasteiger partial charge in [-0.2, -0.15) is 15.1 Å². The summed E-state index contributed by atoms with van der Waals surface area (Å²) in [7, 11) is 1.56. The van der Waals surface area contributed by atoms with Gasteiger partial charge in [0, 0.05) is 10.9 Å². The van der Waals surface area contributed by atoms with Crippen LogP contribution in [0, 0.1) is 12.3 Å². The van der Waals surface area contributed by atoms with Crippen LogP contribution in [0.1, 0.15) is 16.7 Å². The van der Waals surface area contributed by atoms with Gasteiger partial charge in [0.1, 0.15) is 5.04 Å². The van der Waals surface area contributed by atoms with Gasteiger partial charge in [0.05, 0.1) is 19.3 Å². The number of hydrogen-bond acceptors (Lipinski definition) is 6. The molecule has 0 fully saturated rings. The monoisotopic (exact) mass is 498 g/mol. The molecule has 2 heterocycles. The second-order valence-corrected chi connectivity index (χ2v) is 8.49. The van der Waals surface area contributed by atoms with Crippen LogP contribution >= 0.6 is 27.7 Å². The van der Waals surface area contributed by atoms with Gasteiger partial charge in [-0.15, -0.1) is 0 Å².